The van der Waals surface area contributed by atoms with Gasteiger partial charge in [-0.2, -0.15) is 5.10 Å². The van der Waals surface area contributed by atoms with Gasteiger partial charge < -0.3 is 0 Å². The van der Waals surface area contributed by atoms with Crippen molar-refractivity contribution in [2.75, 3.05) is 0 Å². The van der Waals surface area contributed by atoms with Gasteiger partial charge in [0.05, 0.1) is 5.69 Å². The highest BCUT2D eigenvalue weighted by atomic mass is 19.1. The molecule has 2 nitrogen and oxygen atoms in total. The average molecular weight is 266 g/mol. The van der Waals surface area contributed by atoms with E-state index in [0.717, 1.165) is 12.0 Å². The Bertz CT molecular complexity index is 675. The maximum absolute atomic E-state index is 14.3. The van der Waals surface area contributed by atoms with Gasteiger partial charge in [-0.05, 0) is 18.4 Å². The monoisotopic (exact) mass is 266 g/mol. The fraction of sp³-hybridized carbons (Fsp3) is 0.118. The maximum Gasteiger partial charge on any atom is 0.171 e. The molecule has 1 N–H and O–H groups in total. The molecule has 100 valence electrons. The predicted octanol–water partition coefficient (Wildman–Crippen LogP) is 4.00. The lowest BCUT2D eigenvalue weighted by atomic mass is 10.1. The summed E-state index contributed by atoms with van der Waals surface area (Å²) in [6.45, 7) is 0. The van der Waals surface area contributed by atoms with Crippen LogP contribution in [0.1, 0.15) is 11.3 Å². The van der Waals surface area contributed by atoms with E-state index in [1.807, 2.05) is 60.7 Å². The third kappa shape index (κ3) is 2.62. The van der Waals surface area contributed by atoms with Crippen molar-refractivity contribution in [2.45, 2.75) is 12.8 Å². The largest absolute Gasteiger partial charge is 0.279 e. The normalized spacial score (nSPS) is 10.7. The number of rotatable bonds is 4. The number of hydrogen-bond donors (Lipinski definition) is 1. The number of nitrogens with one attached hydrogen (secondary N) is 1. The second kappa shape index (κ2) is 5.70. The molecule has 0 spiro atoms. The van der Waals surface area contributed by atoms with Gasteiger partial charge in [-0.1, -0.05) is 60.7 Å². The fourth-order valence-electron chi connectivity index (χ4n) is 2.23. The van der Waals surface area contributed by atoms with Crippen molar-refractivity contribution >= 4 is 0 Å². The van der Waals surface area contributed by atoms with E-state index in [1.54, 1.807) is 0 Å². The highest BCUT2D eigenvalue weighted by Crippen LogP contribution is 2.22. The molecule has 3 heteroatoms. The van der Waals surface area contributed by atoms with E-state index >= 15 is 0 Å². The van der Waals surface area contributed by atoms with E-state index in [1.165, 1.54) is 5.56 Å². The summed E-state index contributed by atoms with van der Waals surface area (Å²) in [5, 5.41) is 6.92. The van der Waals surface area contributed by atoms with Gasteiger partial charge in [0.15, 0.2) is 5.82 Å². The Kier molecular flexibility index (Phi) is 3.59. The van der Waals surface area contributed by atoms with Gasteiger partial charge in [0.2, 0.25) is 0 Å². The van der Waals surface area contributed by atoms with Crippen LogP contribution >= 0.6 is 0 Å². The van der Waals surface area contributed by atoms with Crippen LogP contribution in [0.3, 0.4) is 0 Å². The minimum absolute atomic E-state index is 0.243. The molecule has 0 aliphatic carbocycles. The van der Waals surface area contributed by atoms with Gasteiger partial charge in [-0.25, -0.2) is 4.39 Å². The van der Waals surface area contributed by atoms with Crippen molar-refractivity contribution in [1.29, 1.82) is 0 Å². The van der Waals surface area contributed by atoms with Crippen molar-refractivity contribution in [2.24, 2.45) is 0 Å². The molecule has 3 rings (SSSR count). The Hall–Kier alpha value is -2.42. The Morgan fingerprint density at radius 3 is 2.20 bits per heavy atom. The summed E-state index contributed by atoms with van der Waals surface area (Å²) in [7, 11) is 0. The molecule has 0 fully saturated rings. The quantitative estimate of drug-likeness (QED) is 0.759. The first-order valence-corrected chi connectivity index (χ1v) is 6.66. The SMILES string of the molecule is Fc1c(-c2ccccc2)n[nH]c1CCc1ccccc1. The molecule has 0 unspecified atom stereocenters. The minimum atomic E-state index is -0.243. The Morgan fingerprint density at radius 2 is 1.50 bits per heavy atom. The van der Waals surface area contributed by atoms with Crippen LogP contribution in [-0.2, 0) is 12.8 Å². The smallest absolute Gasteiger partial charge is 0.171 e. The molecule has 2 aromatic carbocycles. The van der Waals surface area contributed by atoms with Crippen LogP contribution in [0.4, 0.5) is 4.39 Å². The summed E-state index contributed by atoms with van der Waals surface area (Å²) < 4.78 is 14.3. The molecule has 0 saturated heterocycles. The molecule has 0 atom stereocenters. The molecule has 0 bridgehead atoms. The van der Waals surface area contributed by atoms with Crippen molar-refractivity contribution in [3.8, 4) is 11.3 Å². The summed E-state index contributed by atoms with van der Waals surface area (Å²) >= 11 is 0. The first kappa shape index (κ1) is 12.6. The third-order valence-corrected chi connectivity index (χ3v) is 3.33. The van der Waals surface area contributed by atoms with Gasteiger partial charge in [0.1, 0.15) is 5.69 Å². The number of H-pyrrole nitrogens is 1. The zero-order valence-corrected chi connectivity index (χ0v) is 11.0. The second-order valence-electron chi connectivity index (χ2n) is 4.72. The van der Waals surface area contributed by atoms with Crippen molar-refractivity contribution in [1.82, 2.24) is 10.2 Å². The standard InChI is InChI=1S/C17H15FN2/c18-16-15(12-11-13-7-3-1-4-8-13)19-20-17(16)14-9-5-2-6-10-14/h1-10H,11-12H2,(H,19,20). The summed E-state index contributed by atoms with van der Waals surface area (Å²) in [4.78, 5) is 0. The van der Waals surface area contributed by atoms with E-state index in [9.17, 15) is 4.39 Å². The zero-order valence-electron chi connectivity index (χ0n) is 11.0. The van der Waals surface area contributed by atoms with Crippen LogP contribution in [-0.4, -0.2) is 10.2 Å². The van der Waals surface area contributed by atoms with E-state index in [-0.39, 0.29) is 5.82 Å². The van der Waals surface area contributed by atoms with E-state index in [2.05, 4.69) is 10.2 Å². The second-order valence-corrected chi connectivity index (χ2v) is 4.72. The number of aromatic nitrogens is 2. The maximum atomic E-state index is 14.3. The van der Waals surface area contributed by atoms with Crippen LogP contribution in [0.15, 0.2) is 60.7 Å². The Morgan fingerprint density at radius 1 is 0.850 bits per heavy atom. The topological polar surface area (TPSA) is 28.7 Å². The number of benzene rings is 2. The van der Waals surface area contributed by atoms with Crippen LogP contribution < -0.4 is 0 Å². The molecule has 0 amide bonds. The number of hydrogen-bond acceptors (Lipinski definition) is 1. The average Bonchev–Trinajstić information content (AvgIpc) is 2.88. The van der Waals surface area contributed by atoms with E-state index < -0.39 is 0 Å². The van der Waals surface area contributed by atoms with Crippen LogP contribution in [0.5, 0.6) is 0 Å². The van der Waals surface area contributed by atoms with E-state index in [0.29, 0.717) is 17.8 Å². The van der Waals surface area contributed by atoms with E-state index in [4.69, 9.17) is 0 Å². The molecule has 1 heterocycles. The molecule has 0 aliphatic heterocycles. The highest BCUT2D eigenvalue weighted by Gasteiger charge is 2.14. The van der Waals surface area contributed by atoms with Crippen molar-refractivity contribution in [3.05, 3.63) is 77.7 Å². The summed E-state index contributed by atoms with van der Waals surface area (Å²) in [6, 6.07) is 19.5. The van der Waals surface area contributed by atoms with Crippen molar-refractivity contribution < 1.29 is 4.39 Å². The number of aromatic amines is 1. The van der Waals surface area contributed by atoms with Gasteiger partial charge in [-0.3, -0.25) is 5.10 Å². The Balaban J connectivity index is 1.78. The molecule has 0 aliphatic rings. The fourth-order valence-corrected chi connectivity index (χ4v) is 2.23. The van der Waals surface area contributed by atoms with Gasteiger partial charge >= 0.3 is 0 Å². The lowest BCUT2D eigenvalue weighted by molar-refractivity contribution is 0.611. The van der Waals surface area contributed by atoms with Crippen molar-refractivity contribution in [3.63, 3.8) is 0 Å². The lowest BCUT2D eigenvalue weighted by Gasteiger charge is -2.00. The van der Waals surface area contributed by atoms with Crippen LogP contribution in [0.25, 0.3) is 11.3 Å². The summed E-state index contributed by atoms with van der Waals surface area (Å²) in [5.41, 5.74) is 2.95. The zero-order chi connectivity index (χ0) is 13.8. The number of aryl methyl sites for hydroxylation is 2. The first-order valence-electron chi connectivity index (χ1n) is 6.66. The molecule has 0 radical (unpaired) electrons. The lowest BCUT2D eigenvalue weighted by Crippen LogP contribution is -1.94. The molecule has 3 aromatic rings. The molecular weight excluding hydrogens is 251 g/mol. The summed E-state index contributed by atoms with van der Waals surface area (Å²) in [5.74, 6) is -0.243. The molecule has 1 aromatic heterocycles. The molecule has 0 saturated carbocycles. The van der Waals surface area contributed by atoms with Gasteiger partial charge in [0.25, 0.3) is 0 Å². The molecule has 20 heavy (non-hydrogen) atoms. The Labute approximate surface area is 117 Å². The summed E-state index contributed by atoms with van der Waals surface area (Å²) in [6.07, 6.45) is 1.42. The van der Waals surface area contributed by atoms with Gasteiger partial charge in [-0.15, -0.1) is 0 Å². The highest BCUT2D eigenvalue weighted by molar-refractivity contribution is 5.59. The first-order chi connectivity index (χ1) is 9.84. The van der Waals surface area contributed by atoms with Crippen LogP contribution in [0.2, 0.25) is 0 Å². The van der Waals surface area contributed by atoms with Gasteiger partial charge in [0, 0.05) is 5.56 Å². The number of halogens is 1. The minimum Gasteiger partial charge on any atom is -0.279 e. The predicted molar refractivity (Wildman–Crippen MR) is 77.8 cm³/mol. The molecular formula is C17H15FN2. The third-order valence-electron chi connectivity index (χ3n) is 3.33. The number of nitrogens with zero attached hydrogens (tertiary/aromatic N) is 1. The van der Waals surface area contributed by atoms with Crippen LogP contribution in [0, 0.1) is 5.82 Å².